The predicted molar refractivity (Wildman–Crippen MR) is 71.0 cm³/mol. The maximum atomic E-state index is 9.52. The molecule has 1 saturated carbocycles. The average molecular weight is 233 g/mol. The fourth-order valence-electron chi connectivity index (χ4n) is 2.69. The first-order valence-electron chi connectivity index (χ1n) is 6.74. The number of nitrogens with one attached hydrogen (secondary N) is 1. The third-order valence-electron chi connectivity index (χ3n) is 3.82. The van der Waals surface area contributed by atoms with Gasteiger partial charge in [-0.3, -0.25) is 5.32 Å². The van der Waals surface area contributed by atoms with E-state index in [-0.39, 0.29) is 0 Å². The fraction of sp³-hybridized carbons (Fsp3) is 0.600. The van der Waals surface area contributed by atoms with E-state index in [1.54, 1.807) is 7.05 Å². The summed E-state index contributed by atoms with van der Waals surface area (Å²) in [6.07, 6.45) is 7.10. The first-order valence-corrected chi connectivity index (χ1v) is 6.74. The Balaban J connectivity index is 1.97. The molecule has 1 atom stereocenters. The van der Waals surface area contributed by atoms with Crippen LogP contribution in [0.1, 0.15) is 49.1 Å². The van der Waals surface area contributed by atoms with Gasteiger partial charge in [-0.2, -0.15) is 0 Å². The van der Waals surface area contributed by atoms with Gasteiger partial charge in [-0.25, -0.2) is 0 Å². The lowest BCUT2D eigenvalue weighted by Crippen LogP contribution is -2.26. The Morgan fingerprint density at radius 2 is 1.82 bits per heavy atom. The van der Waals surface area contributed by atoms with Crippen LogP contribution in [0.2, 0.25) is 0 Å². The summed E-state index contributed by atoms with van der Waals surface area (Å²) in [6.45, 7) is 0. The monoisotopic (exact) mass is 233 g/mol. The Bertz CT molecular complexity index is 327. The summed E-state index contributed by atoms with van der Waals surface area (Å²) in [5.74, 6) is 0.770. The van der Waals surface area contributed by atoms with Gasteiger partial charge in [0.2, 0.25) is 0 Å². The van der Waals surface area contributed by atoms with E-state index in [1.165, 1.54) is 43.2 Å². The van der Waals surface area contributed by atoms with Crippen molar-refractivity contribution in [2.45, 2.75) is 50.7 Å². The highest BCUT2D eigenvalue weighted by Crippen LogP contribution is 2.32. The summed E-state index contributed by atoms with van der Waals surface area (Å²) in [5.41, 5.74) is 2.68. The van der Waals surface area contributed by atoms with Crippen LogP contribution in [0.25, 0.3) is 0 Å². The Morgan fingerprint density at radius 1 is 1.18 bits per heavy atom. The standard InChI is InChI=1S/C15H23NO/c1-16-15(17)11-12-7-9-14(10-8-12)13-5-3-2-4-6-13/h7-10,13,15-17H,2-6,11H2,1H3. The predicted octanol–water partition coefficient (Wildman–Crippen LogP) is 2.81. The molecule has 1 fully saturated rings. The molecule has 2 heteroatoms. The van der Waals surface area contributed by atoms with Crippen LogP contribution in [-0.4, -0.2) is 18.4 Å². The van der Waals surface area contributed by atoms with E-state index in [9.17, 15) is 5.11 Å². The maximum Gasteiger partial charge on any atom is 0.108 e. The van der Waals surface area contributed by atoms with Gasteiger partial charge in [0.15, 0.2) is 0 Å². The summed E-state index contributed by atoms with van der Waals surface area (Å²) in [7, 11) is 1.78. The number of likely N-dealkylation sites (N-methyl/N-ethyl adjacent to an activating group) is 1. The smallest absolute Gasteiger partial charge is 0.108 e. The molecule has 2 N–H and O–H groups in total. The van der Waals surface area contributed by atoms with Gasteiger partial charge in [0.25, 0.3) is 0 Å². The van der Waals surface area contributed by atoms with Crippen molar-refractivity contribution >= 4 is 0 Å². The molecule has 1 aromatic rings. The molecule has 0 saturated heterocycles. The molecule has 0 bridgehead atoms. The summed E-state index contributed by atoms with van der Waals surface area (Å²) in [5, 5.41) is 12.4. The molecule has 2 nitrogen and oxygen atoms in total. The number of rotatable bonds is 4. The van der Waals surface area contributed by atoms with Gasteiger partial charge < -0.3 is 5.11 Å². The lowest BCUT2D eigenvalue weighted by Gasteiger charge is -2.22. The van der Waals surface area contributed by atoms with Crippen LogP contribution in [-0.2, 0) is 6.42 Å². The van der Waals surface area contributed by atoms with Crippen molar-refractivity contribution in [2.75, 3.05) is 7.05 Å². The third kappa shape index (κ3) is 3.55. The molecule has 0 aromatic heterocycles. The summed E-state index contributed by atoms with van der Waals surface area (Å²) < 4.78 is 0. The Hall–Kier alpha value is -0.860. The maximum absolute atomic E-state index is 9.52. The van der Waals surface area contributed by atoms with Crippen molar-refractivity contribution in [3.05, 3.63) is 35.4 Å². The molecule has 0 aliphatic heterocycles. The van der Waals surface area contributed by atoms with Crippen LogP contribution in [0.15, 0.2) is 24.3 Å². The molecule has 1 aromatic carbocycles. The van der Waals surface area contributed by atoms with Crippen molar-refractivity contribution < 1.29 is 5.11 Å². The van der Waals surface area contributed by atoms with E-state index in [2.05, 4.69) is 29.6 Å². The van der Waals surface area contributed by atoms with Gasteiger partial charge >= 0.3 is 0 Å². The topological polar surface area (TPSA) is 32.3 Å². The van der Waals surface area contributed by atoms with Crippen molar-refractivity contribution in [1.29, 1.82) is 0 Å². The molecule has 1 unspecified atom stereocenters. The molecular formula is C15H23NO. The zero-order chi connectivity index (χ0) is 12.1. The molecular weight excluding hydrogens is 210 g/mol. The summed E-state index contributed by atoms with van der Waals surface area (Å²) in [6, 6.07) is 8.80. The van der Waals surface area contributed by atoms with Crippen molar-refractivity contribution in [3.8, 4) is 0 Å². The fourth-order valence-corrected chi connectivity index (χ4v) is 2.69. The Labute approximate surface area is 104 Å². The van der Waals surface area contributed by atoms with E-state index >= 15 is 0 Å². The third-order valence-corrected chi connectivity index (χ3v) is 3.82. The number of hydrogen-bond donors (Lipinski definition) is 2. The number of aliphatic hydroxyl groups excluding tert-OH is 1. The van der Waals surface area contributed by atoms with E-state index in [0.29, 0.717) is 6.42 Å². The second kappa shape index (κ2) is 6.18. The van der Waals surface area contributed by atoms with Crippen LogP contribution in [0.3, 0.4) is 0 Å². The van der Waals surface area contributed by atoms with E-state index in [4.69, 9.17) is 0 Å². The highest BCUT2D eigenvalue weighted by molar-refractivity contribution is 5.26. The van der Waals surface area contributed by atoms with Gasteiger partial charge in [0, 0.05) is 6.42 Å². The molecule has 0 heterocycles. The van der Waals surface area contributed by atoms with Gasteiger partial charge in [-0.1, -0.05) is 43.5 Å². The summed E-state index contributed by atoms with van der Waals surface area (Å²) in [4.78, 5) is 0. The normalized spacial score (nSPS) is 19.2. The van der Waals surface area contributed by atoms with Crippen molar-refractivity contribution in [1.82, 2.24) is 5.32 Å². The first kappa shape index (κ1) is 12.6. The Morgan fingerprint density at radius 3 is 2.41 bits per heavy atom. The molecule has 0 radical (unpaired) electrons. The molecule has 2 rings (SSSR count). The molecule has 1 aliphatic rings. The van der Waals surface area contributed by atoms with E-state index in [1.807, 2.05) is 0 Å². The van der Waals surface area contributed by atoms with Crippen molar-refractivity contribution in [3.63, 3.8) is 0 Å². The minimum Gasteiger partial charge on any atom is -0.378 e. The second-order valence-corrected chi connectivity index (χ2v) is 5.09. The van der Waals surface area contributed by atoms with Crippen molar-refractivity contribution in [2.24, 2.45) is 0 Å². The van der Waals surface area contributed by atoms with Crippen LogP contribution >= 0.6 is 0 Å². The Kier molecular flexibility index (Phi) is 4.57. The highest BCUT2D eigenvalue weighted by atomic mass is 16.3. The van der Waals surface area contributed by atoms with Crippen LogP contribution in [0.5, 0.6) is 0 Å². The average Bonchev–Trinajstić information content (AvgIpc) is 2.40. The molecule has 0 amide bonds. The lowest BCUT2D eigenvalue weighted by molar-refractivity contribution is 0.147. The SMILES string of the molecule is CNC(O)Cc1ccc(C2CCCCC2)cc1. The number of aliphatic hydroxyl groups is 1. The minimum atomic E-state index is -0.435. The van der Waals surface area contributed by atoms with Gasteiger partial charge in [-0.15, -0.1) is 0 Å². The first-order chi connectivity index (χ1) is 8.29. The lowest BCUT2D eigenvalue weighted by atomic mass is 9.84. The minimum absolute atomic E-state index is 0.435. The molecule has 0 spiro atoms. The van der Waals surface area contributed by atoms with Crippen LogP contribution in [0, 0.1) is 0 Å². The highest BCUT2D eigenvalue weighted by Gasteiger charge is 2.15. The van der Waals surface area contributed by atoms with Crippen LogP contribution in [0.4, 0.5) is 0 Å². The zero-order valence-electron chi connectivity index (χ0n) is 10.7. The number of benzene rings is 1. The van der Waals surface area contributed by atoms with E-state index < -0.39 is 6.23 Å². The summed E-state index contributed by atoms with van der Waals surface area (Å²) >= 11 is 0. The van der Waals surface area contributed by atoms with E-state index in [0.717, 1.165) is 5.92 Å². The number of hydrogen-bond acceptors (Lipinski definition) is 2. The van der Waals surface area contributed by atoms with Gasteiger partial charge in [0.1, 0.15) is 6.23 Å². The second-order valence-electron chi connectivity index (χ2n) is 5.09. The zero-order valence-corrected chi connectivity index (χ0v) is 10.7. The largest absolute Gasteiger partial charge is 0.378 e. The molecule has 94 valence electrons. The molecule has 17 heavy (non-hydrogen) atoms. The van der Waals surface area contributed by atoms with Gasteiger partial charge in [0.05, 0.1) is 0 Å². The van der Waals surface area contributed by atoms with Gasteiger partial charge in [-0.05, 0) is 36.9 Å². The quantitative estimate of drug-likeness (QED) is 0.784. The van der Waals surface area contributed by atoms with Crippen LogP contribution < -0.4 is 5.32 Å². The molecule has 1 aliphatic carbocycles.